The van der Waals surface area contributed by atoms with Gasteiger partial charge in [0.25, 0.3) is 0 Å². The third-order valence-electron chi connectivity index (χ3n) is 5.29. The summed E-state index contributed by atoms with van der Waals surface area (Å²) in [5, 5.41) is 9.60. The zero-order valence-corrected chi connectivity index (χ0v) is 11.2. The van der Waals surface area contributed by atoms with Crippen molar-refractivity contribution in [3.63, 3.8) is 0 Å². The fraction of sp³-hybridized carbons (Fsp3) is 0.800. The monoisotopic (exact) mass is 246 g/mol. The smallest absolute Gasteiger partial charge is 0.311 e. The lowest BCUT2D eigenvalue weighted by atomic mass is 9.36. The standard InChI is InChI=1S/C15H20NO2/c1-12-4-13(2)6-14(5-12,10-16)9-15(7-12,8-13)11(17)18-3/h1,4-9H2,2-3H3. The van der Waals surface area contributed by atoms with Crippen LogP contribution < -0.4 is 0 Å². The first-order valence-electron chi connectivity index (χ1n) is 6.64. The Morgan fingerprint density at radius 3 is 2.50 bits per heavy atom. The van der Waals surface area contributed by atoms with E-state index in [1.165, 1.54) is 7.11 Å². The summed E-state index contributed by atoms with van der Waals surface area (Å²) in [7, 11) is 1.46. The zero-order chi connectivity index (χ0) is 13.2. The molecule has 0 saturated heterocycles. The van der Waals surface area contributed by atoms with E-state index in [1.807, 2.05) is 0 Å². The van der Waals surface area contributed by atoms with Crippen molar-refractivity contribution in [2.24, 2.45) is 21.7 Å². The summed E-state index contributed by atoms with van der Waals surface area (Å²) in [4.78, 5) is 12.2. The molecular formula is C15H20NO2. The van der Waals surface area contributed by atoms with Crippen LogP contribution in [0.25, 0.3) is 0 Å². The molecule has 3 heteroatoms. The van der Waals surface area contributed by atoms with E-state index in [-0.39, 0.29) is 22.2 Å². The number of esters is 1. The minimum Gasteiger partial charge on any atom is -0.469 e. The molecule has 4 aliphatic rings. The SMILES string of the molecule is [CH2]C12CC3(C)CC(C#N)(C1)CC(C(=O)OC)(C2)C3. The maximum atomic E-state index is 12.2. The Bertz CT molecular complexity index is 444. The predicted molar refractivity (Wildman–Crippen MR) is 66.1 cm³/mol. The number of hydrogen-bond donors (Lipinski definition) is 0. The maximum absolute atomic E-state index is 12.2. The molecule has 4 fully saturated rings. The second-order valence-corrected chi connectivity index (χ2v) is 7.54. The molecule has 0 aromatic rings. The van der Waals surface area contributed by atoms with E-state index in [0.29, 0.717) is 6.42 Å². The van der Waals surface area contributed by atoms with Crippen molar-refractivity contribution in [2.45, 2.75) is 45.4 Å². The maximum Gasteiger partial charge on any atom is 0.311 e. The third-order valence-corrected chi connectivity index (χ3v) is 5.29. The second kappa shape index (κ2) is 3.10. The highest BCUT2D eigenvalue weighted by Crippen LogP contribution is 2.73. The van der Waals surface area contributed by atoms with Gasteiger partial charge in [0.05, 0.1) is 24.0 Å². The molecule has 4 aliphatic carbocycles. The van der Waals surface area contributed by atoms with E-state index < -0.39 is 5.41 Å². The number of nitriles is 1. The summed E-state index contributed by atoms with van der Waals surface area (Å²) >= 11 is 0. The van der Waals surface area contributed by atoms with Crippen molar-refractivity contribution < 1.29 is 9.53 Å². The van der Waals surface area contributed by atoms with Crippen molar-refractivity contribution in [3.8, 4) is 6.07 Å². The first-order chi connectivity index (χ1) is 8.28. The van der Waals surface area contributed by atoms with Crippen LogP contribution in [0.2, 0.25) is 0 Å². The lowest BCUT2D eigenvalue weighted by Crippen LogP contribution is -2.61. The molecule has 4 bridgehead atoms. The molecule has 0 aliphatic heterocycles. The van der Waals surface area contributed by atoms with E-state index >= 15 is 0 Å². The van der Waals surface area contributed by atoms with Gasteiger partial charge < -0.3 is 4.74 Å². The molecule has 4 atom stereocenters. The van der Waals surface area contributed by atoms with Gasteiger partial charge in [-0.2, -0.15) is 5.26 Å². The van der Waals surface area contributed by atoms with Crippen LogP contribution in [0, 0.1) is 39.9 Å². The average Bonchev–Trinajstić information content (AvgIpc) is 2.23. The number of hydrogen-bond acceptors (Lipinski definition) is 3. The number of rotatable bonds is 1. The molecule has 18 heavy (non-hydrogen) atoms. The summed E-state index contributed by atoms with van der Waals surface area (Å²) < 4.78 is 5.04. The molecule has 0 N–H and O–H groups in total. The molecule has 4 unspecified atom stereocenters. The summed E-state index contributed by atoms with van der Waals surface area (Å²) in [6, 6.07) is 2.52. The van der Waals surface area contributed by atoms with Crippen LogP contribution in [0.15, 0.2) is 0 Å². The van der Waals surface area contributed by atoms with Gasteiger partial charge in [0.15, 0.2) is 0 Å². The fourth-order valence-electron chi connectivity index (χ4n) is 5.92. The summed E-state index contributed by atoms with van der Waals surface area (Å²) in [5.74, 6) is -0.125. The highest BCUT2D eigenvalue weighted by atomic mass is 16.5. The van der Waals surface area contributed by atoms with Crippen molar-refractivity contribution in [1.29, 1.82) is 5.26 Å². The molecule has 0 aromatic heterocycles. The van der Waals surface area contributed by atoms with Gasteiger partial charge in [-0.1, -0.05) is 6.92 Å². The summed E-state index contributed by atoms with van der Waals surface area (Å²) in [6.07, 6.45) is 5.16. The van der Waals surface area contributed by atoms with Gasteiger partial charge in [0.2, 0.25) is 0 Å². The van der Waals surface area contributed by atoms with Crippen LogP contribution in [-0.2, 0) is 9.53 Å². The van der Waals surface area contributed by atoms with Gasteiger partial charge >= 0.3 is 5.97 Å². The van der Waals surface area contributed by atoms with Gasteiger partial charge in [-0.3, -0.25) is 4.79 Å². The number of methoxy groups -OCH3 is 1. The first kappa shape index (κ1) is 12.0. The quantitative estimate of drug-likeness (QED) is 0.668. The molecule has 0 amide bonds. The van der Waals surface area contributed by atoms with Gasteiger partial charge in [-0.25, -0.2) is 0 Å². The van der Waals surface area contributed by atoms with Crippen molar-refractivity contribution in [2.75, 3.05) is 7.11 Å². The topological polar surface area (TPSA) is 50.1 Å². The third kappa shape index (κ3) is 1.38. The van der Waals surface area contributed by atoms with Crippen LogP contribution in [0.4, 0.5) is 0 Å². The van der Waals surface area contributed by atoms with Crippen LogP contribution in [0.3, 0.4) is 0 Å². The first-order valence-corrected chi connectivity index (χ1v) is 6.64. The van der Waals surface area contributed by atoms with Crippen LogP contribution >= 0.6 is 0 Å². The van der Waals surface area contributed by atoms with Crippen molar-refractivity contribution in [1.82, 2.24) is 0 Å². The minimum atomic E-state index is -0.449. The summed E-state index contributed by atoms with van der Waals surface area (Å²) in [6.45, 7) is 6.59. The Morgan fingerprint density at radius 1 is 1.22 bits per heavy atom. The normalized spacial score (nSPS) is 53.0. The lowest BCUT2D eigenvalue weighted by Gasteiger charge is -2.66. The van der Waals surface area contributed by atoms with Crippen LogP contribution in [0.1, 0.15) is 45.4 Å². The Balaban J connectivity index is 2.11. The molecular weight excluding hydrogens is 226 g/mol. The molecule has 97 valence electrons. The molecule has 4 rings (SSSR count). The largest absolute Gasteiger partial charge is 0.469 e. The van der Waals surface area contributed by atoms with Gasteiger partial charge in [-0.15, -0.1) is 0 Å². The minimum absolute atomic E-state index is 0.0838. The number of nitrogens with zero attached hydrogens (tertiary/aromatic N) is 1. The highest BCUT2D eigenvalue weighted by Gasteiger charge is 2.68. The van der Waals surface area contributed by atoms with Gasteiger partial charge in [-0.05, 0) is 56.3 Å². The van der Waals surface area contributed by atoms with E-state index in [2.05, 4.69) is 19.9 Å². The highest BCUT2D eigenvalue weighted by molar-refractivity contribution is 5.78. The lowest BCUT2D eigenvalue weighted by molar-refractivity contribution is -0.194. The zero-order valence-electron chi connectivity index (χ0n) is 11.2. The Morgan fingerprint density at radius 2 is 1.94 bits per heavy atom. The fourth-order valence-corrected chi connectivity index (χ4v) is 5.92. The van der Waals surface area contributed by atoms with E-state index in [4.69, 9.17) is 4.74 Å². The number of carbonyl (C=O) groups excluding carboxylic acids is 1. The molecule has 0 heterocycles. The molecule has 3 nitrogen and oxygen atoms in total. The molecule has 0 spiro atoms. The second-order valence-electron chi connectivity index (χ2n) is 7.54. The molecule has 0 aromatic carbocycles. The number of ether oxygens (including phenoxy) is 1. The Kier molecular flexibility index (Phi) is 2.07. The van der Waals surface area contributed by atoms with Crippen molar-refractivity contribution in [3.05, 3.63) is 6.92 Å². The van der Waals surface area contributed by atoms with Crippen molar-refractivity contribution >= 4 is 5.97 Å². The Labute approximate surface area is 108 Å². The average molecular weight is 246 g/mol. The molecule has 4 saturated carbocycles. The summed E-state index contributed by atoms with van der Waals surface area (Å²) in [5.41, 5.74) is -0.816. The van der Waals surface area contributed by atoms with E-state index in [0.717, 1.165) is 32.1 Å². The van der Waals surface area contributed by atoms with E-state index in [9.17, 15) is 10.1 Å². The molecule has 1 radical (unpaired) electrons. The van der Waals surface area contributed by atoms with Gasteiger partial charge in [0, 0.05) is 0 Å². The van der Waals surface area contributed by atoms with Crippen LogP contribution in [0.5, 0.6) is 0 Å². The predicted octanol–water partition coefficient (Wildman–Crippen LogP) is 2.86. The number of carbonyl (C=O) groups is 1. The van der Waals surface area contributed by atoms with Crippen LogP contribution in [-0.4, -0.2) is 13.1 Å². The van der Waals surface area contributed by atoms with E-state index in [1.54, 1.807) is 0 Å². The Hall–Kier alpha value is -1.04. The van der Waals surface area contributed by atoms with Gasteiger partial charge in [0.1, 0.15) is 0 Å².